The Balaban J connectivity index is 3.00. The fourth-order valence-electron chi connectivity index (χ4n) is 2.64. The molecule has 1 unspecified atom stereocenters. The molecule has 0 saturated heterocycles. The smallest absolute Gasteiger partial charge is 0.328 e. The molecule has 22 heavy (non-hydrogen) atoms. The van der Waals surface area contributed by atoms with E-state index in [4.69, 9.17) is 9.22 Å². The Kier molecular flexibility index (Phi) is 5.01. The molecule has 0 heterocycles. The van der Waals surface area contributed by atoms with E-state index in [-0.39, 0.29) is 0 Å². The highest BCUT2D eigenvalue weighted by molar-refractivity contribution is 5.81. The van der Waals surface area contributed by atoms with Crippen LogP contribution in [-0.2, 0) is 4.79 Å². The maximum absolute atomic E-state index is 10.6. The molecule has 120 valence electrons. The van der Waals surface area contributed by atoms with E-state index in [2.05, 4.69) is 0 Å². The van der Waals surface area contributed by atoms with Gasteiger partial charge in [0.05, 0.1) is 0 Å². The summed E-state index contributed by atoms with van der Waals surface area (Å²) < 4.78 is 23.8. The first-order valence-electron chi connectivity index (χ1n) is 9.12. The van der Waals surface area contributed by atoms with Crippen molar-refractivity contribution < 1.29 is 14.0 Å². The van der Waals surface area contributed by atoms with Crippen LogP contribution in [0, 0.1) is 5.41 Å². The van der Waals surface area contributed by atoms with Crippen molar-refractivity contribution in [1.29, 1.82) is 0 Å². The number of carboxylic acid groups (broad SMARTS) is 1. The van der Waals surface area contributed by atoms with Gasteiger partial charge in [0.2, 0.25) is 0 Å². The summed E-state index contributed by atoms with van der Waals surface area (Å²) in [5.74, 6) is -0.966. The Morgan fingerprint density at radius 1 is 1.32 bits per heavy atom. The van der Waals surface area contributed by atoms with E-state index in [0.29, 0.717) is 12.0 Å². The quantitative estimate of drug-likeness (QED) is 0.530. The molecular formula is C20H28O2. The summed E-state index contributed by atoms with van der Waals surface area (Å²) in [6, 6.07) is 0. The third-order valence-corrected chi connectivity index (χ3v) is 3.87. The maximum Gasteiger partial charge on any atom is 0.328 e. The molecule has 0 fully saturated rings. The third-order valence-electron chi connectivity index (χ3n) is 3.87. The SMILES string of the molecule is [2H]C([2H])([2H])C1(C)CCCC(C)=C1/C=C/C(C)=C\C=C\C(C)=C\C(=O)O. The largest absolute Gasteiger partial charge is 0.478 e. The van der Waals surface area contributed by atoms with E-state index >= 15 is 0 Å². The Labute approximate surface area is 138 Å². The molecule has 0 aromatic carbocycles. The van der Waals surface area contributed by atoms with Crippen LogP contribution in [0.2, 0.25) is 0 Å². The van der Waals surface area contributed by atoms with Crippen LogP contribution in [0.4, 0.5) is 0 Å². The molecule has 2 nitrogen and oxygen atoms in total. The third kappa shape index (κ3) is 5.88. The van der Waals surface area contributed by atoms with Crippen molar-refractivity contribution in [3.63, 3.8) is 0 Å². The molecule has 0 spiro atoms. The zero-order valence-electron chi connectivity index (χ0n) is 16.9. The van der Waals surface area contributed by atoms with Gasteiger partial charge in [-0.15, -0.1) is 0 Å². The molecule has 0 aromatic heterocycles. The lowest BCUT2D eigenvalue weighted by atomic mass is 9.72. The highest BCUT2D eigenvalue weighted by Gasteiger charge is 2.26. The van der Waals surface area contributed by atoms with Crippen molar-refractivity contribution in [3.05, 3.63) is 58.7 Å². The highest BCUT2D eigenvalue weighted by atomic mass is 16.4. The summed E-state index contributed by atoms with van der Waals surface area (Å²) >= 11 is 0. The van der Waals surface area contributed by atoms with E-state index in [1.165, 1.54) is 0 Å². The summed E-state index contributed by atoms with van der Waals surface area (Å²) in [7, 11) is 0. The minimum atomic E-state index is -2.02. The van der Waals surface area contributed by atoms with Gasteiger partial charge in [0.1, 0.15) is 0 Å². The number of hydrogen-bond acceptors (Lipinski definition) is 1. The van der Waals surface area contributed by atoms with Gasteiger partial charge in [-0.05, 0) is 56.6 Å². The normalized spacial score (nSPS) is 27.2. The minimum Gasteiger partial charge on any atom is -0.478 e. The molecule has 1 atom stereocenters. The molecule has 1 aliphatic carbocycles. The van der Waals surface area contributed by atoms with E-state index in [0.717, 1.165) is 35.6 Å². The van der Waals surface area contributed by atoms with Crippen LogP contribution in [-0.4, -0.2) is 11.1 Å². The van der Waals surface area contributed by atoms with Crippen LogP contribution in [0.25, 0.3) is 0 Å². The van der Waals surface area contributed by atoms with Gasteiger partial charge >= 0.3 is 5.97 Å². The Bertz CT molecular complexity index is 661. The van der Waals surface area contributed by atoms with Crippen LogP contribution < -0.4 is 0 Å². The Hall–Kier alpha value is -1.83. The second kappa shape index (κ2) is 7.98. The van der Waals surface area contributed by atoms with Crippen molar-refractivity contribution >= 4 is 5.97 Å². The lowest BCUT2D eigenvalue weighted by Crippen LogP contribution is -2.19. The molecule has 0 saturated carbocycles. The lowest BCUT2D eigenvalue weighted by molar-refractivity contribution is -0.131. The molecule has 0 aromatic rings. The second-order valence-electron chi connectivity index (χ2n) is 6.21. The van der Waals surface area contributed by atoms with Gasteiger partial charge in [-0.2, -0.15) is 0 Å². The van der Waals surface area contributed by atoms with Crippen molar-refractivity contribution in [2.45, 2.75) is 53.8 Å². The topological polar surface area (TPSA) is 37.3 Å². The number of carbonyl (C=O) groups is 1. The monoisotopic (exact) mass is 303 g/mol. The summed E-state index contributed by atoms with van der Waals surface area (Å²) in [4.78, 5) is 10.6. The van der Waals surface area contributed by atoms with Gasteiger partial charge < -0.3 is 5.11 Å². The molecule has 0 aliphatic heterocycles. The number of hydrogen-bond donors (Lipinski definition) is 1. The molecule has 0 amide bonds. The van der Waals surface area contributed by atoms with E-state index in [9.17, 15) is 4.79 Å². The van der Waals surface area contributed by atoms with Crippen molar-refractivity contribution in [2.75, 3.05) is 0 Å². The predicted molar refractivity (Wildman–Crippen MR) is 93.8 cm³/mol. The molecule has 1 rings (SSSR count). The predicted octanol–water partition coefficient (Wildman–Crippen LogP) is 5.60. The maximum atomic E-state index is 10.6. The van der Waals surface area contributed by atoms with Crippen molar-refractivity contribution in [3.8, 4) is 0 Å². The molecule has 1 N–H and O–H groups in total. The molecule has 0 bridgehead atoms. The number of carboxylic acids is 1. The summed E-state index contributed by atoms with van der Waals surface area (Å²) in [6.07, 6.45) is 12.9. The van der Waals surface area contributed by atoms with Crippen LogP contribution in [0.3, 0.4) is 0 Å². The fraction of sp³-hybridized carbons (Fsp3) is 0.450. The first-order chi connectivity index (χ1) is 11.5. The first-order valence-corrected chi connectivity index (χ1v) is 7.62. The molecule has 1 aliphatic rings. The molecule has 0 radical (unpaired) electrons. The summed E-state index contributed by atoms with van der Waals surface area (Å²) in [5.41, 5.74) is 2.88. The average molecular weight is 303 g/mol. The minimum absolute atomic E-state index is 0.654. The van der Waals surface area contributed by atoms with Gasteiger partial charge in [0.15, 0.2) is 0 Å². The number of allylic oxidation sites excluding steroid dienone is 9. The second-order valence-corrected chi connectivity index (χ2v) is 6.21. The standard InChI is InChI=1S/C20H28O2/c1-15(8-6-9-16(2)14-19(21)22)11-12-18-17(3)10-7-13-20(18,4)5/h6,8-9,11-12,14H,7,10,13H2,1-5H3,(H,21,22)/b9-6+,12-11+,15-8-,16-14+/i4D3. The van der Waals surface area contributed by atoms with E-state index in [1.807, 2.05) is 39.0 Å². The van der Waals surface area contributed by atoms with E-state index < -0.39 is 18.2 Å². The van der Waals surface area contributed by atoms with Crippen molar-refractivity contribution in [1.82, 2.24) is 0 Å². The number of aliphatic carboxylic acids is 1. The Morgan fingerprint density at radius 3 is 2.68 bits per heavy atom. The van der Waals surface area contributed by atoms with Crippen LogP contribution in [0.15, 0.2) is 58.7 Å². The van der Waals surface area contributed by atoms with Gasteiger partial charge in [0.25, 0.3) is 0 Å². The van der Waals surface area contributed by atoms with Gasteiger partial charge in [-0.25, -0.2) is 4.79 Å². The zero-order valence-corrected chi connectivity index (χ0v) is 13.9. The van der Waals surface area contributed by atoms with Crippen LogP contribution in [0.1, 0.15) is 57.9 Å². The summed E-state index contributed by atoms with van der Waals surface area (Å²) in [5, 5.41) is 8.67. The first kappa shape index (κ1) is 13.8. The van der Waals surface area contributed by atoms with Crippen LogP contribution in [0.5, 0.6) is 0 Å². The molecular weight excluding hydrogens is 272 g/mol. The lowest BCUT2D eigenvalue weighted by Gasteiger charge is -2.32. The average Bonchev–Trinajstić information content (AvgIpc) is 2.44. The van der Waals surface area contributed by atoms with Crippen molar-refractivity contribution in [2.24, 2.45) is 5.41 Å². The van der Waals surface area contributed by atoms with E-state index in [1.54, 1.807) is 19.1 Å². The van der Waals surface area contributed by atoms with Gasteiger partial charge in [-0.1, -0.05) is 55.3 Å². The zero-order chi connectivity index (χ0) is 19.3. The van der Waals surface area contributed by atoms with Gasteiger partial charge in [-0.3, -0.25) is 0 Å². The summed E-state index contributed by atoms with van der Waals surface area (Å²) in [6.45, 7) is 5.48. The Morgan fingerprint density at radius 2 is 2.05 bits per heavy atom. The molecule has 2 heteroatoms. The van der Waals surface area contributed by atoms with Gasteiger partial charge in [0, 0.05) is 10.2 Å². The van der Waals surface area contributed by atoms with Crippen LogP contribution >= 0.6 is 0 Å². The number of rotatable bonds is 5. The fourth-order valence-corrected chi connectivity index (χ4v) is 2.64. The highest BCUT2D eigenvalue weighted by Crippen LogP contribution is 2.40.